The molecule has 1 fully saturated rings. The summed E-state index contributed by atoms with van der Waals surface area (Å²) in [4.78, 5) is 34.7. The lowest BCUT2D eigenvalue weighted by Crippen LogP contribution is -2.55. The largest absolute Gasteiger partial charge is 0.472 e. The maximum atomic E-state index is 13.1. The van der Waals surface area contributed by atoms with Crippen molar-refractivity contribution in [1.82, 2.24) is 14.7 Å². The second-order valence-electron chi connectivity index (χ2n) is 8.42. The van der Waals surface area contributed by atoms with Gasteiger partial charge in [-0.1, -0.05) is 12.8 Å². The first kappa shape index (κ1) is 22.0. The van der Waals surface area contributed by atoms with Crippen molar-refractivity contribution in [2.45, 2.75) is 63.0 Å². The summed E-state index contributed by atoms with van der Waals surface area (Å²) in [5, 5.41) is 3.02. The van der Waals surface area contributed by atoms with Crippen LogP contribution < -0.4 is 19.7 Å². The van der Waals surface area contributed by atoms with E-state index in [1.807, 2.05) is 4.72 Å². The minimum absolute atomic E-state index is 0.0433. The first-order valence-corrected chi connectivity index (χ1v) is 11.9. The number of anilines is 3. The van der Waals surface area contributed by atoms with Crippen LogP contribution in [0.3, 0.4) is 0 Å². The number of carbonyl (C=O) groups excluding carboxylic acids is 2. The van der Waals surface area contributed by atoms with Crippen LogP contribution in [0, 0.1) is 0 Å². The Labute approximate surface area is 186 Å². The molecule has 0 atom stereocenters. The fourth-order valence-corrected chi connectivity index (χ4v) is 4.96. The number of hydrogen-bond donors (Lipinski definition) is 2. The Morgan fingerprint density at radius 2 is 1.84 bits per heavy atom. The van der Waals surface area contributed by atoms with E-state index < -0.39 is 21.5 Å². The molecule has 0 saturated heterocycles. The van der Waals surface area contributed by atoms with Crippen LogP contribution >= 0.6 is 0 Å². The topological polar surface area (TPSA) is 131 Å². The zero-order chi connectivity index (χ0) is 23.1. The summed E-state index contributed by atoms with van der Waals surface area (Å²) in [7, 11) is -3.91. The summed E-state index contributed by atoms with van der Waals surface area (Å²) >= 11 is 0. The molecule has 2 heterocycles. The summed E-state index contributed by atoms with van der Waals surface area (Å²) in [5.74, 6) is 0.336. The Hall–Kier alpha value is -3.21. The van der Waals surface area contributed by atoms with Gasteiger partial charge in [0.05, 0.1) is 11.1 Å². The first-order valence-electron chi connectivity index (χ1n) is 10.4. The Kier molecular flexibility index (Phi) is 5.53. The van der Waals surface area contributed by atoms with Gasteiger partial charge >= 0.3 is 0 Å². The van der Waals surface area contributed by atoms with Gasteiger partial charge in [0.2, 0.25) is 11.9 Å². The van der Waals surface area contributed by atoms with Gasteiger partial charge in [0, 0.05) is 18.7 Å². The van der Waals surface area contributed by atoms with Gasteiger partial charge in [0.25, 0.3) is 15.9 Å². The molecule has 32 heavy (non-hydrogen) atoms. The molecule has 4 rings (SSSR count). The molecule has 0 spiro atoms. The van der Waals surface area contributed by atoms with Crippen molar-refractivity contribution < 1.29 is 22.7 Å². The molecule has 2 aromatic rings. The zero-order valence-electron chi connectivity index (χ0n) is 18.1. The number of fused-ring (bicyclic) bond motifs is 1. The normalized spacial score (nSPS) is 18.1. The molecule has 1 aliphatic carbocycles. The van der Waals surface area contributed by atoms with Gasteiger partial charge in [0.1, 0.15) is 0 Å². The van der Waals surface area contributed by atoms with Crippen LogP contribution in [-0.2, 0) is 19.6 Å². The molecular weight excluding hydrogens is 434 g/mol. The molecule has 2 N–H and O–H groups in total. The average molecular weight is 460 g/mol. The van der Waals surface area contributed by atoms with E-state index in [1.54, 1.807) is 18.7 Å². The second-order valence-corrected chi connectivity index (χ2v) is 10.1. The van der Waals surface area contributed by atoms with Gasteiger partial charge in [-0.15, -0.1) is 0 Å². The SMILES string of the molecule is CC(=O)NS(=O)(=O)c1ccc(Nc2ncc3c(n2)N(C2CCCC2)C(=O)C(C)(C)O3)cc1. The van der Waals surface area contributed by atoms with Crippen molar-refractivity contribution in [2.75, 3.05) is 10.2 Å². The van der Waals surface area contributed by atoms with Crippen molar-refractivity contribution >= 4 is 39.3 Å². The fourth-order valence-electron chi connectivity index (χ4n) is 3.97. The zero-order valence-corrected chi connectivity index (χ0v) is 18.9. The van der Waals surface area contributed by atoms with Gasteiger partial charge in [-0.05, 0) is 51.0 Å². The molecule has 2 aliphatic rings. The second kappa shape index (κ2) is 8.05. The highest BCUT2D eigenvalue weighted by Crippen LogP contribution is 2.40. The molecule has 0 bridgehead atoms. The van der Waals surface area contributed by atoms with Gasteiger partial charge in [-0.25, -0.2) is 18.1 Å². The lowest BCUT2D eigenvalue weighted by molar-refractivity contribution is -0.133. The van der Waals surface area contributed by atoms with Crippen molar-refractivity contribution in [1.29, 1.82) is 0 Å². The molecule has 170 valence electrons. The van der Waals surface area contributed by atoms with E-state index in [9.17, 15) is 18.0 Å². The van der Waals surface area contributed by atoms with Crippen molar-refractivity contribution in [3.8, 4) is 5.75 Å². The standard InChI is InChI=1S/C21H25N5O5S/c1-13(27)25-32(29,30)16-10-8-14(9-11-16)23-20-22-12-17-18(24-20)26(15-6-4-5-7-15)19(28)21(2,3)31-17/h8-12,15H,4-7H2,1-3H3,(H,25,27)(H,22,23,24). The van der Waals surface area contributed by atoms with Crippen molar-refractivity contribution in [3.05, 3.63) is 30.5 Å². The predicted molar refractivity (Wildman–Crippen MR) is 117 cm³/mol. The summed E-state index contributed by atoms with van der Waals surface area (Å²) in [6.45, 7) is 4.61. The molecule has 0 radical (unpaired) electrons. The highest BCUT2D eigenvalue weighted by Gasteiger charge is 2.45. The third kappa shape index (κ3) is 4.24. The molecule has 1 saturated carbocycles. The molecule has 2 amide bonds. The van der Waals surface area contributed by atoms with E-state index in [4.69, 9.17) is 4.74 Å². The molecule has 1 aliphatic heterocycles. The minimum atomic E-state index is -3.91. The van der Waals surface area contributed by atoms with Gasteiger partial charge in [-0.2, -0.15) is 4.98 Å². The number of benzene rings is 1. The number of nitrogens with zero attached hydrogens (tertiary/aromatic N) is 3. The van der Waals surface area contributed by atoms with E-state index in [0.29, 0.717) is 17.3 Å². The number of carbonyl (C=O) groups is 2. The lowest BCUT2D eigenvalue weighted by atomic mass is 10.0. The summed E-state index contributed by atoms with van der Waals surface area (Å²) in [5.41, 5.74) is -0.453. The Morgan fingerprint density at radius 3 is 2.47 bits per heavy atom. The Bertz CT molecular complexity index is 1160. The number of nitrogens with one attached hydrogen (secondary N) is 2. The number of sulfonamides is 1. The summed E-state index contributed by atoms with van der Waals surface area (Å²) < 4.78 is 32.0. The van der Waals surface area contributed by atoms with Crippen molar-refractivity contribution in [2.24, 2.45) is 0 Å². The van der Waals surface area contributed by atoms with Gasteiger partial charge < -0.3 is 10.1 Å². The summed E-state index contributed by atoms with van der Waals surface area (Å²) in [6.07, 6.45) is 5.50. The smallest absolute Gasteiger partial charge is 0.272 e. The van der Waals surface area contributed by atoms with Crippen LogP contribution in [0.5, 0.6) is 5.75 Å². The van der Waals surface area contributed by atoms with E-state index in [0.717, 1.165) is 32.6 Å². The van der Waals surface area contributed by atoms with Crippen LogP contribution in [0.4, 0.5) is 17.5 Å². The van der Waals surface area contributed by atoms with Crippen LogP contribution in [0.25, 0.3) is 0 Å². The van der Waals surface area contributed by atoms with E-state index in [2.05, 4.69) is 15.3 Å². The molecular formula is C21H25N5O5S. The first-order chi connectivity index (χ1) is 15.1. The number of rotatable bonds is 5. The maximum Gasteiger partial charge on any atom is 0.272 e. The highest BCUT2D eigenvalue weighted by molar-refractivity contribution is 7.90. The van der Waals surface area contributed by atoms with E-state index in [1.165, 1.54) is 30.5 Å². The average Bonchev–Trinajstić information content (AvgIpc) is 3.23. The van der Waals surface area contributed by atoms with Crippen LogP contribution in [-0.4, -0.2) is 41.8 Å². The minimum Gasteiger partial charge on any atom is -0.472 e. The maximum absolute atomic E-state index is 13.1. The highest BCUT2D eigenvalue weighted by atomic mass is 32.2. The number of aromatic nitrogens is 2. The van der Waals surface area contributed by atoms with Gasteiger partial charge in [-0.3, -0.25) is 14.5 Å². The summed E-state index contributed by atoms with van der Waals surface area (Å²) in [6, 6.07) is 5.89. The van der Waals surface area contributed by atoms with E-state index >= 15 is 0 Å². The lowest BCUT2D eigenvalue weighted by Gasteiger charge is -2.40. The third-order valence-electron chi connectivity index (χ3n) is 5.45. The quantitative estimate of drug-likeness (QED) is 0.697. The van der Waals surface area contributed by atoms with E-state index in [-0.39, 0.29) is 22.8 Å². The number of ether oxygens (including phenoxy) is 1. The van der Waals surface area contributed by atoms with Gasteiger partial charge in [0.15, 0.2) is 17.2 Å². The molecule has 11 heteroatoms. The number of amides is 2. The van der Waals surface area contributed by atoms with Crippen LogP contribution in [0.2, 0.25) is 0 Å². The van der Waals surface area contributed by atoms with Crippen LogP contribution in [0.1, 0.15) is 46.5 Å². The fraction of sp³-hybridized carbons (Fsp3) is 0.429. The molecule has 0 unspecified atom stereocenters. The molecule has 1 aromatic carbocycles. The Balaban J connectivity index is 1.60. The predicted octanol–water partition coefficient (Wildman–Crippen LogP) is 2.49. The number of hydrogen-bond acceptors (Lipinski definition) is 8. The molecule has 1 aromatic heterocycles. The van der Waals surface area contributed by atoms with Crippen molar-refractivity contribution in [3.63, 3.8) is 0 Å². The third-order valence-corrected chi connectivity index (χ3v) is 6.90. The monoisotopic (exact) mass is 459 g/mol. The van der Waals surface area contributed by atoms with Crippen LogP contribution in [0.15, 0.2) is 35.4 Å². The molecule has 10 nitrogen and oxygen atoms in total. The Morgan fingerprint density at radius 1 is 1.19 bits per heavy atom.